The van der Waals surface area contributed by atoms with Gasteiger partial charge in [-0.05, 0) is 19.9 Å². The number of para-hydroxylation sites is 1. The van der Waals surface area contributed by atoms with E-state index >= 15 is 0 Å². The number of benzene rings is 1. The average Bonchev–Trinajstić information content (AvgIpc) is 2.42. The van der Waals surface area contributed by atoms with Crippen LogP contribution in [0.3, 0.4) is 0 Å². The number of halogens is 1. The summed E-state index contributed by atoms with van der Waals surface area (Å²) in [5.41, 5.74) is 6.75. The molecule has 3 heteroatoms. The molecule has 1 aromatic carbocycles. The summed E-state index contributed by atoms with van der Waals surface area (Å²) < 4.78 is 18.8. The maximum atomic E-state index is 13.3. The molecule has 0 fully saturated rings. The number of ether oxygens (including phenoxy) is 1. The maximum Gasteiger partial charge on any atom is 0.165 e. The van der Waals surface area contributed by atoms with Gasteiger partial charge in [0.2, 0.25) is 0 Å². The van der Waals surface area contributed by atoms with Crippen LogP contribution in [-0.2, 0) is 0 Å². The van der Waals surface area contributed by atoms with Crippen LogP contribution < -0.4 is 10.5 Å². The predicted molar refractivity (Wildman–Crippen MR) is 52.9 cm³/mol. The van der Waals surface area contributed by atoms with E-state index in [0.29, 0.717) is 5.75 Å². The van der Waals surface area contributed by atoms with Gasteiger partial charge in [0.1, 0.15) is 6.10 Å². The highest BCUT2D eigenvalue weighted by Gasteiger charge is 2.35. The van der Waals surface area contributed by atoms with Crippen LogP contribution in [0.2, 0.25) is 0 Å². The van der Waals surface area contributed by atoms with Crippen LogP contribution in [0.5, 0.6) is 5.75 Å². The summed E-state index contributed by atoms with van der Waals surface area (Å²) in [6, 6.07) is 4.98. The summed E-state index contributed by atoms with van der Waals surface area (Å²) in [4.78, 5) is 0. The lowest BCUT2D eigenvalue weighted by atomic mass is 9.90. The Labute approximate surface area is 82.9 Å². The molecule has 0 saturated carbocycles. The molecular formula is C11H14FNO. The minimum Gasteiger partial charge on any atom is -0.487 e. The van der Waals surface area contributed by atoms with E-state index in [9.17, 15) is 4.39 Å². The lowest BCUT2D eigenvalue weighted by Gasteiger charge is -2.18. The summed E-state index contributed by atoms with van der Waals surface area (Å²) >= 11 is 0. The molecule has 0 spiro atoms. The first kappa shape index (κ1) is 9.46. The van der Waals surface area contributed by atoms with Gasteiger partial charge in [0.25, 0.3) is 0 Å². The van der Waals surface area contributed by atoms with Crippen LogP contribution in [0, 0.1) is 5.82 Å². The Bertz CT molecular complexity index is 351. The van der Waals surface area contributed by atoms with Crippen LogP contribution >= 0.6 is 0 Å². The van der Waals surface area contributed by atoms with E-state index in [2.05, 4.69) is 0 Å². The predicted octanol–water partition coefficient (Wildman–Crippen LogP) is 2.04. The Morgan fingerprint density at radius 2 is 2.21 bits per heavy atom. The SMILES string of the molecule is CC(N)C1c2cccc(F)c2OC1C. The Balaban J connectivity index is 2.47. The second-order valence-corrected chi connectivity index (χ2v) is 3.87. The van der Waals surface area contributed by atoms with Gasteiger partial charge in [-0.1, -0.05) is 12.1 Å². The number of hydrogen-bond acceptors (Lipinski definition) is 2. The fourth-order valence-electron chi connectivity index (χ4n) is 2.14. The molecular weight excluding hydrogens is 181 g/mol. The number of hydrogen-bond donors (Lipinski definition) is 1. The molecule has 1 aliphatic rings. The van der Waals surface area contributed by atoms with Crippen molar-refractivity contribution in [2.75, 3.05) is 0 Å². The molecule has 0 saturated heterocycles. The molecule has 3 atom stereocenters. The molecule has 76 valence electrons. The van der Waals surface area contributed by atoms with Crippen molar-refractivity contribution in [3.05, 3.63) is 29.6 Å². The van der Waals surface area contributed by atoms with E-state index < -0.39 is 0 Å². The molecule has 0 aromatic heterocycles. The van der Waals surface area contributed by atoms with Crippen LogP contribution in [0.25, 0.3) is 0 Å². The summed E-state index contributed by atoms with van der Waals surface area (Å²) in [5.74, 6) is 0.181. The van der Waals surface area contributed by atoms with E-state index in [1.807, 2.05) is 19.9 Å². The van der Waals surface area contributed by atoms with Gasteiger partial charge < -0.3 is 10.5 Å². The van der Waals surface area contributed by atoms with Crippen molar-refractivity contribution < 1.29 is 9.13 Å². The smallest absolute Gasteiger partial charge is 0.165 e. The standard InChI is InChI=1S/C11H14FNO/c1-6(13)10-7(2)14-11-8(10)4-3-5-9(11)12/h3-7,10H,13H2,1-2H3. The van der Waals surface area contributed by atoms with Gasteiger partial charge >= 0.3 is 0 Å². The van der Waals surface area contributed by atoms with Crippen molar-refractivity contribution in [2.24, 2.45) is 5.73 Å². The second kappa shape index (κ2) is 3.24. The first-order chi connectivity index (χ1) is 6.61. The fourth-order valence-corrected chi connectivity index (χ4v) is 2.14. The Kier molecular flexibility index (Phi) is 2.19. The number of rotatable bonds is 1. The highest BCUT2D eigenvalue weighted by atomic mass is 19.1. The zero-order chi connectivity index (χ0) is 10.3. The molecule has 2 rings (SSSR count). The summed E-state index contributed by atoms with van der Waals surface area (Å²) in [7, 11) is 0. The van der Waals surface area contributed by atoms with Gasteiger partial charge in [-0.3, -0.25) is 0 Å². The number of fused-ring (bicyclic) bond motifs is 1. The van der Waals surface area contributed by atoms with Gasteiger partial charge in [0, 0.05) is 17.5 Å². The molecule has 1 aromatic rings. The van der Waals surface area contributed by atoms with Crippen LogP contribution in [0.15, 0.2) is 18.2 Å². The minimum atomic E-state index is -0.294. The van der Waals surface area contributed by atoms with Gasteiger partial charge in [0.15, 0.2) is 11.6 Å². The summed E-state index contributed by atoms with van der Waals surface area (Å²) in [6.07, 6.45) is -0.0399. The fraction of sp³-hybridized carbons (Fsp3) is 0.455. The quantitative estimate of drug-likeness (QED) is 0.744. The van der Waals surface area contributed by atoms with E-state index in [1.54, 1.807) is 6.07 Å². The van der Waals surface area contributed by atoms with Crippen molar-refractivity contribution in [1.82, 2.24) is 0 Å². The first-order valence-corrected chi connectivity index (χ1v) is 4.82. The molecule has 0 radical (unpaired) electrons. The van der Waals surface area contributed by atoms with Crippen LogP contribution in [0.4, 0.5) is 4.39 Å². The van der Waals surface area contributed by atoms with Gasteiger partial charge in [-0.15, -0.1) is 0 Å². The van der Waals surface area contributed by atoms with Crippen molar-refractivity contribution in [2.45, 2.75) is 31.9 Å². The van der Waals surface area contributed by atoms with E-state index in [0.717, 1.165) is 5.56 Å². The molecule has 2 N–H and O–H groups in total. The third-order valence-corrected chi connectivity index (χ3v) is 2.73. The zero-order valence-corrected chi connectivity index (χ0v) is 8.33. The van der Waals surface area contributed by atoms with Crippen molar-refractivity contribution >= 4 is 0 Å². The highest BCUT2D eigenvalue weighted by molar-refractivity contribution is 5.42. The number of nitrogens with two attached hydrogens (primary N) is 1. The average molecular weight is 195 g/mol. The molecule has 1 aliphatic heterocycles. The Morgan fingerprint density at radius 3 is 2.86 bits per heavy atom. The maximum absolute atomic E-state index is 13.3. The first-order valence-electron chi connectivity index (χ1n) is 4.82. The molecule has 0 amide bonds. The van der Waals surface area contributed by atoms with E-state index in [1.165, 1.54) is 6.07 Å². The largest absolute Gasteiger partial charge is 0.487 e. The molecule has 1 heterocycles. The Morgan fingerprint density at radius 1 is 1.50 bits per heavy atom. The van der Waals surface area contributed by atoms with Crippen molar-refractivity contribution in [3.8, 4) is 5.75 Å². The van der Waals surface area contributed by atoms with Gasteiger partial charge in [0.05, 0.1) is 0 Å². The molecule has 0 bridgehead atoms. The molecule has 14 heavy (non-hydrogen) atoms. The van der Waals surface area contributed by atoms with Gasteiger partial charge in [-0.25, -0.2) is 4.39 Å². The second-order valence-electron chi connectivity index (χ2n) is 3.87. The summed E-state index contributed by atoms with van der Waals surface area (Å²) in [5, 5.41) is 0. The van der Waals surface area contributed by atoms with Crippen LogP contribution in [-0.4, -0.2) is 12.1 Å². The van der Waals surface area contributed by atoms with E-state index in [-0.39, 0.29) is 23.9 Å². The molecule has 3 unspecified atom stereocenters. The van der Waals surface area contributed by atoms with Gasteiger partial charge in [-0.2, -0.15) is 0 Å². The Hall–Kier alpha value is -1.09. The lowest BCUT2D eigenvalue weighted by Crippen LogP contribution is -2.30. The van der Waals surface area contributed by atoms with Crippen LogP contribution in [0.1, 0.15) is 25.3 Å². The zero-order valence-electron chi connectivity index (χ0n) is 8.33. The third-order valence-electron chi connectivity index (χ3n) is 2.73. The monoisotopic (exact) mass is 195 g/mol. The normalized spacial score (nSPS) is 26.9. The minimum absolute atomic E-state index is 0.0203. The van der Waals surface area contributed by atoms with E-state index in [4.69, 9.17) is 10.5 Å². The molecule has 0 aliphatic carbocycles. The topological polar surface area (TPSA) is 35.2 Å². The lowest BCUT2D eigenvalue weighted by molar-refractivity contribution is 0.209. The summed E-state index contributed by atoms with van der Waals surface area (Å²) in [6.45, 7) is 3.85. The third kappa shape index (κ3) is 1.28. The van der Waals surface area contributed by atoms with Crippen molar-refractivity contribution in [1.29, 1.82) is 0 Å². The molecule has 2 nitrogen and oxygen atoms in total. The van der Waals surface area contributed by atoms with Crippen molar-refractivity contribution in [3.63, 3.8) is 0 Å². The highest BCUT2D eigenvalue weighted by Crippen LogP contribution is 2.40.